The zero-order valence-electron chi connectivity index (χ0n) is 16.2. The highest BCUT2D eigenvalue weighted by atomic mass is 19.1. The van der Waals surface area contributed by atoms with Crippen molar-refractivity contribution in [2.45, 2.75) is 13.1 Å². The topological polar surface area (TPSA) is 81.3 Å². The van der Waals surface area contributed by atoms with Gasteiger partial charge in [-0.3, -0.25) is 9.69 Å². The highest BCUT2D eigenvalue weighted by Crippen LogP contribution is 2.10. The van der Waals surface area contributed by atoms with Crippen LogP contribution in [-0.2, 0) is 13.1 Å². The normalized spacial score (nSPS) is 14.8. The van der Waals surface area contributed by atoms with Gasteiger partial charge in [-0.25, -0.2) is 18.6 Å². The maximum absolute atomic E-state index is 13.2. The third kappa shape index (κ3) is 4.62. The average Bonchev–Trinajstić information content (AvgIpc) is 2.72. The van der Waals surface area contributed by atoms with Crippen molar-refractivity contribution in [2.24, 2.45) is 0 Å². The summed E-state index contributed by atoms with van der Waals surface area (Å²) < 4.78 is 26.5. The molecule has 1 aromatic heterocycles. The standard InChI is InChI=1S/C21H21F2N5O2/c22-15-9-14(10-16(23)11-15)12-24-21(30)28-7-5-27(6-8-28)13-19-25-18-4-2-1-3-17(18)20(29)26-19/h1-4,9-11H,5-8,12-13H2,(H,24,30)(H,25,26,29). The molecule has 7 nitrogen and oxygen atoms in total. The van der Waals surface area contributed by atoms with Gasteiger partial charge in [0.2, 0.25) is 0 Å². The van der Waals surface area contributed by atoms with Crippen molar-refractivity contribution in [3.63, 3.8) is 0 Å². The zero-order chi connectivity index (χ0) is 21.1. The predicted octanol–water partition coefficient (Wildman–Crippen LogP) is 2.23. The molecule has 1 saturated heterocycles. The smallest absolute Gasteiger partial charge is 0.317 e. The first-order valence-electron chi connectivity index (χ1n) is 9.66. The fourth-order valence-electron chi connectivity index (χ4n) is 3.53. The second-order valence-electron chi connectivity index (χ2n) is 7.23. The molecule has 2 amide bonds. The van der Waals surface area contributed by atoms with Gasteiger partial charge in [-0.2, -0.15) is 0 Å². The zero-order valence-corrected chi connectivity index (χ0v) is 16.2. The summed E-state index contributed by atoms with van der Waals surface area (Å²) in [6, 6.07) is 10.1. The molecule has 1 aliphatic rings. The number of nitrogens with one attached hydrogen (secondary N) is 2. The Bertz CT molecular complexity index is 1110. The van der Waals surface area contributed by atoms with Crippen LogP contribution in [0.1, 0.15) is 11.4 Å². The molecule has 0 saturated carbocycles. The quantitative estimate of drug-likeness (QED) is 0.687. The molecule has 1 fully saturated rings. The molecule has 0 unspecified atom stereocenters. The van der Waals surface area contributed by atoms with Gasteiger partial charge in [0.25, 0.3) is 5.56 Å². The van der Waals surface area contributed by atoms with Crippen LogP contribution >= 0.6 is 0 Å². The number of hydrogen-bond donors (Lipinski definition) is 2. The number of benzene rings is 2. The van der Waals surface area contributed by atoms with Gasteiger partial charge in [0.15, 0.2) is 0 Å². The Hall–Kier alpha value is -3.33. The number of amides is 2. The summed E-state index contributed by atoms with van der Waals surface area (Å²) in [5, 5.41) is 3.25. The predicted molar refractivity (Wildman–Crippen MR) is 108 cm³/mol. The average molecular weight is 413 g/mol. The number of fused-ring (bicyclic) bond motifs is 1. The number of hydrogen-bond acceptors (Lipinski definition) is 4. The molecule has 4 rings (SSSR count). The Morgan fingerprint density at radius 3 is 2.50 bits per heavy atom. The lowest BCUT2D eigenvalue weighted by Crippen LogP contribution is -2.51. The third-order valence-electron chi connectivity index (χ3n) is 5.06. The first-order chi connectivity index (χ1) is 14.5. The number of nitrogens with zero attached hydrogens (tertiary/aromatic N) is 3. The molecule has 1 aliphatic heterocycles. The van der Waals surface area contributed by atoms with Gasteiger partial charge < -0.3 is 15.2 Å². The van der Waals surface area contributed by atoms with Crippen molar-refractivity contribution in [2.75, 3.05) is 26.2 Å². The van der Waals surface area contributed by atoms with E-state index in [-0.39, 0.29) is 18.1 Å². The summed E-state index contributed by atoms with van der Waals surface area (Å²) in [5.74, 6) is -0.758. The maximum atomic E-state index is 13.2. The molecule has 0 radical (unpaired) electrons. The number of piperazine rings is 1. The number of halogens is 2. The second kappa shape index (κ2) is 8.58. The molecule has 30 heavy (non-hydrogen) atoms. The van der Waals surface area contributed by atoms with Crippen LogP contribution in [0.25, 0.3) is 10.9 Å². The minimum absolute atomic E-state index is 0.0516. The van der Waals surface area contributed by atoms with Crippen molar-refractivity contribution in [1.82, 2.24) is 25.1 Å². The van der Waals surface area contributed by atoms with E-state index in [0.29, 0.717) is 55.0 Å². The molecular weight excluding hydrogens is 392 g/mol. The van der Waals surface area contributed by atoms with Gasteiger partial charge in [0.1, 0.15) is 17.5 Å². The third-order valence-corrected chi connectivity index (χ3v) is 5.06. The molecule has 3 aromatic rings. The summed E-state index contributed by atoms with van der Waals surface area (Å²) in [6.45, 7) is 2.79. The van der Waals surface area contributed by atoms with E-state index in [2.05, 4.69) is 20.2 Å². The minimum Gasteiger partial charge on any atom is -0.334 e. The first kappa shape index (κ1) is 20.0. The van der Waals surface area contributed by atoms with Crippen LogP contribution in [0.3, 0.4) is 0 Å². The van der Waals surface area contributed by atoms with Gasteiger partial charge in [0, 0.05) is 38.8 Å². The number of rotatable bonds is 4. The maximum Gasteiger partial charge on any atom is 0.317 e. The monoisotopic (exact) mass is 413 g/mol. The number of carbonyl (C=O) groups excluding carboxylic acids is 1. The van der Waals surface area contributed by atoms with Gasteiger partial charge in [-0.1, -0.05) is 12.1 Å². The molecular formula is C21H21F2N5O2. The Labute approximate surface area is 171 Å². The molecule has 2 aromatic carbocycles. The molecule has 2 heterocycles. The SMILES string of the molecule is O=C(NCc1cc(F)cc(F)c1)N1CCN(Cc2nc3ccccc3c(=O)[nH]2)CC1. The largest absolute Gasteiger partial charge is 0.334 e. The fourth-order valence-corrected chi connectivity index (χ4v) is 3.53. The van der Waals surface area contributed by atoms with Crippen LogP contribution < -0.4 is 10.9 Å². The highest BCUT2D eigenvalue weighted by Gasteiger charge is 2.21. The van der Waals surface area contributed by atoms with E-state index in [1.54, 1.807) is 23.1 Å². The van der Waals surface area contributed by atoms with Gasteiger partial charge >= 0.3 is 6.03 Å². The second-order valence-corrected chi connectivity index (χ2v) is 7.23. The molecule has 156 valence electrons. The number of carbonyl (C=O) groups is 1. The van der Waals surface area contributed by atoms with Gasteiger partial charge in [0.05, 0.1) is 17.4 Å². The van der Waals surface area contributed by atoms with Crippen molar-refractivity contribution in [3.05, 3.63) is 75.8 Å². The number of H-pyrrole nitrogens is 1. The lowest BCUT2D eigenvalue weighted by atomic mass is 10.2. The summed E-state index contributed by atoms with van der Waals surface area (Å²) in [7, 11) is 0. The molecule has 0 spiro atoms. The van der Waals surface area contributed by atoms with E-state index in [9.17, 15) is 18.4 Å². The van der Waals surface area contributed by atoms with Crippen molar-refractivity contribution in [3.8, 4) is 0 Å². The number of urea groups is 1. The van der Waals surface area contributed by atoms with Crippen LogP contribution in [0.4, 0.5) is 13.6 Å². The highest BCUT2D eigenvalue weighted by molar-refractivity contribution is 5.77. The fraction of sp³-hybridized carbons (Fsp3) is 0.286. The number of aromatic nitrogens is 2. The molecule has 0 atom stereocenters. The summed E-state index contributed by atoms with van der Waals surface area (Å²) >= 11 is 0. The Morgan fingerprint density at radius 2 is 1.77 bits per heavy atom. The van der Waals surface area contributed by atoms with Crippen LogP contribution in [0.15, 0.2) is 47.3 Å². The molecule has 0 aliphatic carbocycles. The summed E-state index contributed by atoms with van der Waals surface area (Å²) in [6.07, 6.45) is 0. The first-order valence-corrected chi connectivity index (χ1v) is 9.66. The van der Waals surface area contributed by atoms with Crippen LogP contribution in [0.2, 0.25) is 0 Å². The number of para-hydroxylation sites is 1. The van der Waals surface area contributed by atoms with Crippen LogP contribution in [0, 0.1) is 11.6 Å². The number of aromatic amines is 1. The molecule has 2 N–H and O–H groups in total. The van der Waals surface area contributed by atoms with E-state index in [0.717, 1.165) is 6.07 Å². The molecule has 0 bridgehead atoms. The van der Waals surface area contributed by atoms with Gasteiger partial charge in [-0.15, -0.1) is 0 Å². The minimum atomic E-state index is -0.673. The van der Waals surface area contributed by atoms with E-state index in [4.69, 9.17) is 0 Å². The van der Waals surface area contributed by atoms with Gasteiger partial charge in [-0.05, 0) is 29.8 Å². The van der Waals surface area contributed by atoms with Crippen molar-refractivity contribution in [1.29, 1.82) is 0 Å². The van der Waals surface area contributed by atoms with Crippen molar-refractivity contribution >= 4 is 16.9 Å². The van der Waals surface area contributed by atoms with Crippen molar-refractivity contribution < 1.29 is 13.6 Å². The van der Waals surface area contributed by atoms with Crippen LogP contribution in [0.5, 0.6) is 0 Å². The van der Waals surface area contributed by atoms with E-state index in [1.165, 1.54) is 12.1 Å². The van der Waals surface area contributed by atoms with Crippen LogP contribution in [-0.4, -0.2) is 52.0 Å². The Morgan fingerprint density at radius 1 is 1.07 bits per heavy atom. The summed E-state index contributed by atoms with van der Waals surface area (Å²) in [5.41, 5.74) is 0.858. The lowest BCUT2D eigenvalue weighted by Gasteiger charge is -2.34. The van der Waals surface area contributed by atoms with E-state index < -0.39 is 11.6 Å². The van der Waals surface area contributed by atoms with E-state index >= 15 is 0 Å². The molecule has 9 heteroatoms. The summed E-state index contributed by atoms with van der Waals surface area (Å²) in [4.78, 5) is 35.6. The Balaban J connectivity index is 1.30. The lowest BCUT2D eigenvalue weighted by molar-refractivity contribution is 0.133. The van der Waals surface area contributed by atoms with E-state index in [1.807, 2.05) is 6.07 Å². The Kier molecular flexibility index (Phi) is 5.71.